The van der Waals surface area contributed by atoms with E-state index in [0.717, 1.165) is 23.6 Å². The molecule has 0 atom stereocenters. The normalized spacial score (nSPS) is 28.2. The molecule has 0 unspecified atom stereocenters. The Morgan fingerprint density at radius 3 is 2.00 bits per heavy atom. The van der Waals surface area contributed by atoms with E-state index in [1.807, 2.05) is 0 Å². The van der Waals surface area contributed by atoms with Crippen LogP contribution in [0.3, 0.4) is 0 Å². The maximum absolute atomic E-state index is 10.8. The SMILES string of the molecule is O=S1CC[Si](Cl)(Cl)CC1. The summed E-state index contributed by atoms with van der Waals surface area (Å²) < 4.78 is 10.8. The van der Waals surface area contributed by atoms with Crippen molar-refractivity contribution in [2.45, 2.75) is 12.1 Å². The number of halogens is 2. The minimum Gasteiger partial charge on any atom is -0.260 e. The lowest BCUT2D eigenvalue weighted by molar-refractivity contribution is 0.683. The smallest absolute Gasteiger partial charge is 0.253 e. The molecule has 0 aliphatic carbocycles. The first-order chi connectivity index (χ1) is 4.10. The van der Waals surface area contributed by atoms with Gasteiger partial charge < -0.3 is 0 Å². The zero-order chi connectivity index (χ0) is 6.91. The molecule has 0 aromatic carbocycles. The second-order valence-corrected chi connectivity index (χ2v) is 11.5. The number of hydrogen-bond donors (Lipinski definition) is 0. The first kappa shape index (κ1) is 8.05. The van der Waals surface area contributed by atoms with Crippen LogP contribution in [-0.4, -0.2) is 22.4 Å². The summed E-state index contributed by atoms with van der Waals surface area (Å²) in [5, 5.41) is 0. The second-order valence-electron chi connectivity index (χ2n) is 2.20. The van der Waals surface area contributed by atoms with Crippen LogP contribution < -0.4 is 0 Å². The number of hydrogen-bond acceptors (Lipinski definition) is 1. The van der Waals surface area contributed by atoms with Gasteiger partial charge in [-0.05, 0) is 12.1 Å². The predicted molar refractivity (Wildman–Crippen MR) is 45.0 cm³/mol. The van der Waals surface area contributed by atoms with E-state index < -0.39 is 17.5 Å². The molecule has 1 saturated heterocycles. The molecule has 0 bridgehead atoms. The van der Waals surface area contributed by atoms with Crippen molar-refractivity contribution in [2.24, 2.45) is 0 Å². The minimum atomic E-state index is -1.88. The molecule has 9 heavy (non-hydrogen) atoms. The first-order valence-corrected chi connectivity index (χ1v) is 8.76. The van der Waals surface area contributed by atoms with Gasteiger partial charge in [0, 0.05) is 22.3 Å². The van der Waals surface area contributed by atoms with E-state index in [1.54, 1.807) is 0 Å². The van der Waals surface area contributed by atoms with Gasteiger partial charge in [-0.25, -0.2) is 0 Å². The maximum Gasteiger partial charge on any atom is 0.253 e. The van der Waals surface area contributed by atoms with Crippen LogP contribution >= 0.6 is 22.2 Å². The quantitative estimate of drug-likeness (QED) is 0.432. The molecule has 1 fully saturated rings. The zero-order valence-corrected chi connectivity index (χ0v) is 8.23. The van der Waals surface area contributed by atoms with Crippen LogP contribution in [0.4, 0.5) is 0 Å². The molecule has 1 aliphatic heterocycles. The van der Waals surface area contributed by atoms with Gasteiger partial charge in [0.15, 0.2) is 0 Å². The lowest BCUT2D eigenvalue weighted by Crippen LogP contribution is -2.29. The van der Waals surface area contributed by atoms with Gasteiger partial charge in [0.25, 0.3) is 6.69 Å². The van der Waals surface area contributed by atoms with Crippen molar-refractivity contribution < 1.29 is 4.21 Å². The standard InChI is InChI=1S/C4H8Cl2OSSi/c5-9(6)3-1-8(7)2-4-9/h1-4H2. The fraction of sp³-hybridized carbons (Fsp3) is 1.00. The Labute approximate surface area is 67.6 Å². The molecule has 0 N–H and O–H groups in total. The highest BCUT2D eigenvalue weighted by Crippen LogP contribution is 2.29. The third kappa shape index (κ3) is 2.58. The second kappa shape index (κ2) is 2.90. The van der Waals surface area contributed by atoms with Crippen molar-refractivity contribution in [2.75, 3.05) is 11.5 Å². The van der Waals surface area contributed by atoms with Crippen LogP contribution in [0.15, 0.2) is 0 Å². The van der Waals surface area contributed by atoms with Gasteiger partial charge in [-0.2, -0.15) is 0 Å². The van der Waals surface area contributed by atoms with Crippen LogP contribution in [0, 0.1) is 0 Å². The Balaban J connectivity index is 2.44. The average molecular weight is 203 g/mol. The summed E-state index contributed by atoms with van der Waals surface area (Å²) >= 11 is 11.8. The maximum atomic E-state index is 10.8. The van der Waals surface area contributed by atoms with E-state index in [2.05, 4.69) is 0 Å². The van der Waals surface area contributed by atoms with Crippen molar-refractivity contribution in [3.63, 3.8) is 0 Å². The van der Waals surface area contributed by atoms with Gasteiger partial charge in [0.05, 0.1) is 0 Å². The summed E-state index contributed by atoms with van der Waals surface area (Å²) in [6, 6.07) is 1.62. The van der Waals surface area contributed by atoms with E-state index in [0.29, 0.717) is 0 Å². The molecule has 5 heteroatoms. The topological polar surface area (TPSA) is 17.1 Å². The summed E-state index contributed by atoms with van der Waals surface area (Å²) in [4.78, 5) is 0. The summed E-state index contributed by atoms with van der Waals surface area (Å²) in [5.41, 5.74) is 0. The van der Waals surface area contributed by atoms with E-state index >= 15 is 0 Å². The van der Waals surface area contributed by atoms with Gasteiger partial charge in [-0.1, -0.05) is 0 Å². The molecule has 1 nitrogen and oxygen atoms in total. The molecule has 0 radical (unpaired) electrons. The van der Waals surface area contributed by atoms with Crippen molar-refractivity contribution in [1.29, 1.82) is 0 Å². The Hall–Kier alpha value is 0.947. The molecule has 1 rings (SSSR count). The molecule has 1 aliphatic rings. The highest BCUT2D eigenvalue weighted by molar-refractivity contribution is 7.85. The van der Waals surface area contributed by atoms with Crippen LogP contribution in [-0.2, 0) is 10.8 Å². The molecular formula is C4H8Cl2OSSi. The molecule has 1 heterocycles. The van der Waals surface area contributed by atoms with E-state index in [9.17, 15) is 4.21 Å². The fourth-order valence-electron chi connectivity index (χ4n) is 0.753. The third-order valence-electron chi connectivity index (χ3n) is 1.39. The minimum absolute atomic E-state index is 0.621. The van der Waals surface area contributed by atoms with E-state index in [4.69, 9.17) is 22.2 Å². The van der Waals surface area contributed by atoms with Gasteiger partial charge in [-0.3, -0.25) is 4.21 Å². The summed E-state index contributed by atoms with van der Waals surface area (Å²) in [5.74, 6) is 1.44. The van der Waals surface area contributed by atoms with Crippen LogP contribution in [0.25, 0.3) is 0 Å². The van der Waals surface area contributed by atoms with Crippen molar-refractivity contribution in [3.05, 3.63) is 0 Å². The molecule has 54 valence electrons. The van der Waals surface area contributed by atoms with E-state index in [1.165, 1.54) is 0 Å². The predicted octanol–water partition coefficient (Wildman–Crippen LogP) is 1.67. The summed E-state index contributed by atoms with van der Waals surface area (Å²) in [6.45, 7) is -1.88. The molecule has 0 saturated carbocycles. The van der Waals surface area contributed by atoms with Crippen LogP contribution in [0.2, 0.25) is 12.1 Å². The van der Waals surface area contributed by atoms with E-state index in [-0.39, 0.29) is 0 Å². The Bertz CT molecular complexity index is 127. The lowest BCUT2D eigenvalue weighted by Gasteiger charge is -2.20. The van der Waals surface area contributed by atoms with Crippen molar-refractivity contribution in [1.82, 2.24) is 0 Å². The third-order valence-corrected chi connectivity index (χ3v) is 7.67. The molecule has 0 aromatic rings. The van der Waals surface area contributed by atoms with Gasteiger partial charge in [-0.15, -0.1) is 22.2 Å². The fourth-order valence-corrected chi connectivity index (χ4v) is 8.20. The monoisotopic (exact) mass is 202 g/mol. The number of rotatable bonds is 0. The highest BCUT2D eigenvalue weighted by atomic mass is 35.7. The Morgan fingerprint density at radius 1 is 1.22 bits per heavy atom. The summed E-state index contributed by atoms with van der Waals surface area (Å²) in [7, 11) is -0.621. The molecular weight excluding hydrogens is 195 g/mol. The largest absolute Gasteiger partial charge is 0.260 e. The molecule has 0 amide bonds. The molecule has 0 spiro atoms. The molecule has 0 aromatic heterocycles. The first-order valence-electron chi connectivity index (χ1n) is 2.83. The van der Waals surface area contributed by atoms with Gasteiger partial charge in [0.2, 0.25) is 0 Å². The lowest BCUT2D eigenvalue weighted by atomic mass is 10.9. The van der Waals surface area contributed by atoms with Crippen molar-refractivity contribution in [3.8, 4) is 0 Å². The zero-order valence-electron chi connectivity index (χ0n) is 4.90. The van der Waals surface area contributed by atoms with Crippen molar-refractivity contribution >= 4 is 39.7 Å². The van der Waals surface area contributed by atoms with Crippen LogP contribution in [0.1, 0.15) is 0 Å². The Kier molecular flexibility index (Phi) is 2.60. The van der Waals surface area contributed by atoms with Crippen LogP contribution in [0.5, 0.6) is 0 Å². The Morgan fingerprint density at radius 2 is 1.67 bits per heavy atom. The summed E-state index contributed by atoms with van der Waals surface area (Å²) in [6.07, 6.45) is 0. The van der Waals surface area contributed by atoms with Gasteiger partial charge in [0.1, 0.15) is 0 Å². The highest BCUT2D eigenvalue weighted by Gasteiger charge is 2.32. The average Bonchev–Trinajstić information content (AvgIpc) is 1.78. The van der Waals surface area contributed by atoms with Gasteiger partial charge >= 0.3 is 0 Å².